The lowest BCUT2D eigenvalue weighted by Crippen LogP contribution is -2.15. The Labute approximate surface area is 129 Å². The number of esters is 1. The normalized spacial score (nSPS) is 10.4. The van der Waals surface area contributed by atoms with Gasteiger partial charge < -0.3 is 15.0 Å². The van der Waals surface area contributed by atoms with E-state index in [4.69, 9.17) is 5.73 Å². The van der Waals surface area contributed by atoms with Gasteiger partial charge in [0, 0.05) is 30.9 Å². The summed E-state index contributed by atoms with van der Waals surface area (Å²) in [6.07, 6.45) is 1.37. The van der Waals surface area contributed by atoms with Crippen LogP contribution in [0.2, 0.25) is 0 Å². The molecule has 9 heteroatoms. The Morgan fingerprint density at radius 2 is 2.09 bits per heavy atom. The molecule has 120 valence electrons. The molecule has 0 radical (unpaired) electrons. The summed E-state index contributed by atoms with van der Waals surface area (Å²) < 4.78 is 20.3. The van der Waals surface area contributed by atoms with E-state index in [-0.39, 0.29) is 11.1 Å². The third kappa shape index (κ3) is 2.76. The maximum absolute atomic E-state index is 14.6. The van der Waals surface area contributed by atoms with E-state index in [1.165, 1.54) is 23.9 Å². The Morgan fingerprint density at radius 1 is 1.43 bits per heavy atom. The zero-order valence-corrected chi connectivity index (χ0v) is 12.2. The molecule has 0 bridgehead atoms. The Kier molecular flexibility index (Phi) is 4.12. The highest BCUT2D eigenvalue weighted by Crippen LogP contribution is 2.35. The van der Waals surface area contributed by atoms with E-state index in [1.807, 2.05) is 0 Å². The fourth-order valence-electron chi connectivity index (χ4n) is 2.04. The summed E-state index contributed by atoms with van der Waals surface area (Å²) in [7, 11) is 2.49. The number of pyridine rings is 1. The molecule has 2 rings (SSSR count). The number of hydrogen-bond acceptors (Lipinski definition) is 6. The molecule has 0 aliphatic rings. The first-order valence-electron chi connectivity index (χ1n) is 6.29. The third-order valence-electron chi connectivity index (χ3n) is 3.28. The molecule has 8 nitrogen and oxygen atoms in total. The minimum Gasteiger partial charge on any atom is -0.465 e. The Bertz CT molecular complexity index is 875. The van der Waals surface area contributed by atoms with Crippen LogP contribution in [0.4, 0.5) is 15.8 Å². The highest BCUT2D eigenvalue weighted by molar-refractivity contribution is 5.99. The van der Waals surface area contributed by atoms with Crippen molar-refractivity contribution in [3.05, 3.63) is 56.2 Å². The van der Waals surface area contributed by atoms with E-state index in [0.717, 1.165) is 19.2 Å². The molecule has 2 N–H and O–H groups in total. The first kappa shape index (κ1) is 16.1. The number of carbonyl (C=O) groups is 1. The number of nitro benzene ring substituents is 1. The number of rotatable bonds is 3. The SMILES string of the molecule is COC(=O)c1c(N)c([N+](=O)[O-])cc(-c2ccn(C)c(=O)c2)c1F. The molecule has 1 heterocycles. The number of nitrogens with two attached hydrogens (primary N) is 1. The predicted octanol–water partition coefficient (Wildman–Crippen LogP) is 1.47. The molecule has 23 heavy (non-hydrogen) atoms. The molecule has 1 aromatic heterocycles. The van der Waals surface area contributed by atoms with Crippen LogP contribution in [0.1, 0.15) is 10.4 Å². The van der Waals surface area contributed by atoms with Crippen LogP contribution < -0.4 is 11.3 Å². The van der Waals surface area contributed by atoms with Crippen molar-refractivity contribution in [2.45, 2.75) is 0 Å². The first-order chi connectivity index (χ1) is 10.8. The van der Waals surface area contributed by atoms with Crippen LogP contribution in [-0.2, 0) is 11.8 Å². The smallest absolute Gasteiger partial charge is 0.343 e. The summed E-state index contributed by atoms with van der Waals surface area (Å²) in [4.78, 5) is 33.6. The summed E-state index contributed by atoms with van der Waals surface area (Å²) in [5.41, 5.74) is 2.84. The number of halogens is 1. The van der Waals surface area contributed by atoms with Gasteiger partial charge in [-0.2, -0.15) is 0 Å². The summed E-state index contributed by atoms with van der Waals surface area (Å²) in [6.45, 7) is 0. The van der Waals surface area contributed by atoms with E-state index in [0.29, 0.717) is 0 Å². The van der Waals surface area contributed by atoms with Crippen LogP contribution in [0.25, 0.3) is 11.1 Å². The number of methoxy groups -OCH3 is 1. The predicted molar refractivity (Wildman–Crippen MR) is 79.5 cm³/mol. The standard InChI is InChI=1S/C14H12FN3O5/c1-17-4-3-7(5-10(17)19)8-6-9(18(21)22)13(16)11(12(8)15)14(20)23-2/h3-6H,16H2,1-2H3. The molecule has 0 fully saturated rings. The van der Waals surface area contributed by atoms with Gasteiger partial charge in [-0.3, -0.25) is 14.9 Å². The molecule has 0 aliphatic carbocycles. The minimum absolute atomic E-state index is 0.0823. The van der Waals surface area contributed by atoms with Gasteiger partial charge >= 0.3 is 5.97 Å². The fourth-order valence-corrected chi connectivity index (χ4v) is 2.04. The summed E-state index contributed by atoms with van der Waals surface area (Å²) in [5.74, 6) is -2.23. The van der Waals surface area contributed by atoms with E-state index in [2.05, 4.69) is 4.74 Å². The van der Waals surface area contributed by atoms with Crippen molar-refractivity contribution in [2.24, 2.45) is 7.05 Å². The lowest BCUT2D eigenvalue weighted by molar-refractivity contribution is -0.383. The van der Waals surface area contributed by atoms with Gasteiger partial charge in [-0.1, -0.05) is 0 Å². The second-order valence-corrected chi connectivity index (χ2v) is 4.66. The van der Waals surface area contributed by atoms with Gasteiger partial charge in [-0.25, -0.2) is 9.18 Å². The third-order valence-corrected chi connectivity index (χ3v) is 3.28. The monoisotopic (exact) mass is 321 g/mol. The summed E-state index contributed by atoms with van der Waals surface area (Å²) in [6, 6.07) is 3.37. The van der Waals surface area contributed by atoms with Crippen molar-refractivity contribution >= 4 is 17.3 Å². The van der Waals surface area contributed by atoms with Crippen molar-refractivity contribution < 1.29 is 18.8 Å². The molecule has 0 spiro atoms. The lowest BCUT2D eigenvalue weighted by atomic mass is 10.00. The maximum atomic E-state index is 14.6. The molecular formula is C14H12FN3O5. The van der Waals surface area contributed by atoms with Gasteiger partial charge in [0.05, 0.1) is 12.0 Å². The average Bonchev–Trinajstić information content (AvgIpc) is 2.49. The second-order valence-electron chi connectivity index (χ2n) is 4.66. The lowest BCUT2D eigenvalue weighted by Gasteiger charge is -2.11. The van der Waals surface area contributed by atoms with Crippen molar-refractivity contribution in [1.82, 2.24) is 4.57 Å². The number of nitro groups is 1. The van der Waals surface area contributed by atoms with Gasteiger partial charge in [0.2, 0.25) is 0 Å². The number of aromatic nitrogens is 1. The Balaban J connectivity index is 2.85. The van der Waals surface area contributed by atoms with Crippen LogP contribution in [-0.4, -0.2) is 22.6 Å². The number of carbonyl (C=O) groups excluding carboxylic acids is 1. The van der Waals surface area contributed by atoms with Crippen LogP contribution in [0.15, 0.2) is 29.2 Å². The Hall–Kier alpha value is -3.23. The summed E-state index contributed by atoms with van der Waals surface area (Å²) >= 11 is 0. The van der Waals surface area contributed by atoms with Crippen LogP contribution in [0, 0.1) is 15.9 Å². The molecule has 0 atom stereocenters. The van der Waals surface area contributed by atoms with Gasteiger partial charge in [0.15, 0.2) is 0 Å². The van der Waals surface area contributed by atoms with Gasteiger partial charge in [-0.15, -0.1) is 0 Å². The van der Waals surface area contributed by atoms with E-state index in [9.17, 15) is 24.1 Å². The number of nitrogens with zero attached hydrogens (tertiary/aromatic N) is 2. The molecule has 0 unspecified atom stereocenters. The van der Waals surface area contributed by atoms with E-state index >= 15 is 0 Å². The molecule has 0 saturated heterocycles. The largest absolute Gasteiger partial charge is 0.465 e. The quantitative estimate of drug-likeness (QED) is 0.396. The fraction of sp³-hybridized carbons (Fsp3) is 0.143. The topological polar surface area (TPSA) is 117 Å². The zero-order chi connectivity index (χ0) is 17.3. The molecule has 0 aliphatic heterocycles. The number of aryl methyl sites for hydroxylation is 1. The first-order valence-corrected chi connectivity index (χ1v) is 6.29. The van der Waals surface area contributed by atoms with Crippen molar-refractivity contribution in [3.8, 4) is 11.1 Å². The molecular weight excluding hydrogens is 309 g/mol. The molecule has 2 aromatic rings. The zero-order valence-electron chi connectivity index (χ0n) is 12.2. The number of nitrogen functional groups attached to an aromatic ring is 1. The average molecular weight is 321 g/mol. The van der Waals surface area contributed by atoms with Gasteiger partial charge in [-0.05, 0) is 11.6 Å². The Morgan fingerprint density at radius 3 is 2.61 bits per heavy atom. The van der Waals surface area contributed by atoms with Crippen LogP contribution >= 0.6 is 0 Å². The molecule has 1 aromatic carbocycles. The van der Waals surface area contributed by atoms with Gasteiger partial charge in [0.1, 0.15) is 17.1 Å². The van der Waals surface area contributed by atoms with E-state index < -0.39 is 39.2 Å². The van der Waals surface area contributed by atoms with Crippen molar-refractivity contribution in [3.63, 3.8) is 0 Å². The molecule has 0 saturated carbocycles. The number of ether oxygens (including phenoxy) is 1. The van der Waals surface area contributed by atoms with Gasteiger partial charge in [0.25, 0.3) is 11.2 Å². The summed E-state index contributed by atoms with van der Waals surface area (Å²) in [5, 5.41) is 11.1. The highest BCUT2D eigenvalue weighted by atomic mass is 19.1. The number of hydrogen-bond donors (Lipinski definition) is 1. The minimum atomic E-state index is -1.14. The van der Waals surface area contributed by atoms with Crippen LogP contribution in [0.3, 0.4) is 0 Å². The number of anilines is 1. The van der Waals surface area contributed by atoms with Crippen molar-refractivity contribution in [1.29, 1.82) is 0 Å². The van der Waals surface area contributed by atoms with Crippen LogP contribution in [0.5, 0.6) is 0 Å². The highest BCUT2D eigenvalue weighted by Gasteiger charge is 2.28. The second kappa shape index (κ2) is 5.87. The van der Waals surface area contributed by atoms with E-state index in [1.54, 1.807) is 0 Å². The number of benzene rings is 1. The maximum Gasteiger partial charge on any atom is 0.343 e. The molecule has 0 amide bonds. The van der Waals surface area contributed by atoms with Crippen molar-refractivity contribution in [2.75, 3.05) is 12.8 Å².